The molecule has 0 aliphatic carbocycles. The van der Waals surface area contributed by atoms with Gasteiger partial charge in [-0.05, 0) is 6.42 Å². The van der Waals surface area contributed by atoms with Gasteiger partial charge in [0.15, 0.2) is 0 Å². The van der Waals surface area contributed by atoms with Crippen molar-refractivity contribution in [3.05, 3.63) is 11.8 Å². The molecule has 0 saturated heterocycles. The van der Waals surface area contributed by atoms with E-state index in [1.807, 2.05) is 13.0 Å². The Balaban J connectivity index is 3.52. The Morgan fingerprint density at radius 1 is 1.38 bits per heavy atom. The molecule has 0 rings (SSSR count). The third-order valence-corrected chi connectivity index (χ3v) is 2.29. The van der Waals surface area contributed by atoms with Crippen molar-refractivity contribution in [2.75, 3.05) is 0 Å². The van der Waals surface area contributed by atoms with E-state index in [1.54, 1.807) is 5.70 Å². The summed E-state index contributed by atoms with van der Waals surface area (Å²) < 4.78 is 0. The van der Waals surface area contributed by atoms with Gasteiger partial charge in [-0.25, -0.2) is 0 Å². The van der Waals surface area contributed by atoms with Gasteiger partial charge in [-0.1, -0.05) is 18.7 Å². The van der Waals surface area contributed by atoms with E-state index in [0.717, 1.165) is 6.42 Å². The molecule has 0 aliphatic rings. The van der Waals surface area contributed by atoms with E-state index in [-0.39, 0.29) is 0 Å². The molecule has 0 spiro atoms. The van der Waals surface area contributed by atoms with Crippen molar-refractivity contribution in [3.63, 3.8) is 0 Å². The first-order valence-corrected chi connectivity index (χ1v) is 7.42. The molecule has 0 aliphatic heterocycles. The van der Waals surface area contributed by atoms with Crippen LogP contribution in [0.4, 0.5) is 0 Å². The Kier molecular flexibility index (Phi) is 4.17. The van der Waals surface area contributed by atoms with Crippen LogP contribution in [0.2, 0.25) is 0 Å². The summed E-state index contributed by atoms with van der Waals surface area (Å²) in [5, 5.41) is 0. The minimum Gasteiger partial charge on any atom is -0.121 e. The van der Waals surface area contributed by atoms with Crippen LogP contribution in [0.1, 0.15) is 13.3 Å². The van der Waals surface area contributed by atoms with Gasteiger partial charge in [0.2, 0.25) is 0 Å². The average Bonchev–Trinajstić information content (AvgIpc) is 1.59. The van der Waals surface area contributed by atoms with Gasteiger partial charge < -0.3 is 0 Å². The Labute approximate surface area is 64.6 Å². The molecule has 0 bridgehead atoms. The van der Waals surface area contributed by atoms with Crippen LogP contribution in [0.25, 0.3) is 0 Å². The first-order valence-electron chi connectivity index (χ1n) is 2.30. The molecule has 4 heteroatoms. The third kappa shape index (κ3) is 6.83. The number of hydrogen-bond donors (Lipinski definition) is 0. The van der Waals surface area contributed by atoms with Gasteiger partial charge in [0.25, 0.3) is 0 Å². The zero-order valence-electron chi connectivity index (χ0n) is 4.50. The van der Waals surface area contributed by atoms with Crippen molar-refractivity contribution in [3.8, 4) is 0 Å². The summed E-state index contributed by atoms with van der Waals surface area (Å²) in [6.45, 7) is 2.00. The molecule has 0 saturated carbocycles. The normalized spacial score (nSPS) is 13.0. The summed E-state index contributed by atoms with van der Waals surface area (Å²) in [4.78, 5) is 0. The summed E-state index contributed by atoms with van der Waals surface area (Å²) in [7, 11) is 0. The highest BCUT2D eigenvalue weighted by Gasteiger charge is 2.18. The molecule has 0 amide bonds. The lowest BCUT2D eigenvalue weighted by molar-refractivity contribution is 1.23. The molecule has 0 radical (unpaired) electrons. The topological polar surface area (TPSA) is 0 Å². The molecule has 0 aromatic rings. The summed E-state index contributed by atoms with van der Waals surface area (Å²) in [6, 6.07) is -2.44. The van der Waals surface area contributed by atoms with E-state index in [0.29, 0.717) is 0 Å². The SMILES string of the molecule is CCC=C[Si](Cl)(Cl)Cl. The van der Waals surface area contributed by atoms with Crippen LogP contribution in [0.15, 0.2) is 11.8 Å². The highest BCUT2D eigenvalue weighted by molar-refractivity contribution is 7.66. The highest BCUT2D eigenvalue weighted by Crippen LogP contribution is 2.20. The Morgan fingerprint density at radius 2 is 1.88 bits per heavy atom. The second-order valence-corrected chi connectivity index (χ2v) is 9.88. The van der Waals surface area contributed by atoms with Crippen LogP contribution >= 0.6 is 33.2 Å². The van der Waals surface area contributed by atoms with Gasteiger partial charge >= 0.3 is 6.00 Å². The standard InChI is InChI=1S/C4H7Cl3Si/c1-2-3-4-8(5,6)7/h3-4H,2H2,1H3. The predicted octanol–water partition coefficient (Wildman–Crippen LogP) is 3.15. The van der Waals surface area contributed by atoms with Crippen LogP contribution in [-0.4, -0.2) is 6.00 Å². The summed E-state index contributed by atoms with van der Waals surface area (Å²) >= 11 is 16.5. The fourth-order valence-electron chi connectivity index (χ4n) is 0.251. The van der Waals surface area contributed by atoms with Crippen LogP contribution in [0.5, 0.6) is 0 Å². The van der Waals surface area contributed by atoms with E-state index in [2.05, 4.69) is 0 Å². The molecule has 0 fully saturated rings. The molecule has 0 nitrogen and oxygen atoms in total. The lowest BCUT2D eigenvalue weighted by Gasteiger charge is -1.95. The monoisotopic (exact) mass is 188 g/mol. The van der Waals surface area contributed by atoms with Gasteiger partial charge in [0.05, 0.1) is 0 Å². The number of hydrogen-bond acceptors (Lipinski definition) is 0. The van der Waals surface area contributed by atoms with Gasteiger partial charge in [-0.3, -0.25) is 0 Å². The van der Waals surface area contributed by atoms with Crippen molar-refractivity contribution in [2.24, 2.45) is 0 Å². The lowest BCUT2D eigenvalue weighted by Crippen LogP contribution is -2.02. The smallest absolute Gasteiger partial charge is 0.121 e. The first kappa shape index (κ1) is 8.83. The highest BCUT2D eigenvalue weighted by atomic mass is 35.8. The van der Waals surface area contributed by atoms with Crippen molar-refractivity contribution in [1.82, 2.24) is 0 Å². The Bertz CT molecular complexity index is 83.8. The molecule has 0 aromatic carbocycles. The van der Waals surface area contributed by atoms with Crippen LogP contribution < -0.4 is 0 Å². The van der Waals surface area contributed by atoms with Crippen LogP contribution in [0, 0.1) is 0 Å². The Hall–Kier alpha value is 0.827. The zero-order chi connectivity index (χ0) is 6.62. The number of allylic oxidation sites excluding steroid dienone is 1. The predicted molar refractivity (Wildman–Crippen MR) is 42.7 cm³/mol. The maximum absolute atomic E-state index is 5.49. The molecule has 48 valence electrons. The second kappa shape index (κ2) is 3.78. The second-order valence-electron chi connectivity index (χ2n) is 1.35. The van der Waals surface area contributed by atoms with Gasteiger partial charge in [-0.2, -0.15) is 0 Å². The molecular weight excluding hydrogens is 182 g/mol. The van der Waals surface area contributed by atoms with Crippen molar-refractivity contribution < 1.29 is 0 Å². The summed E-state index contributed by atoms with van der Waals surface area (Å²) in [6.07, 6.45) is 2.81. The zero-order valence-corrected chi connectivity index (χ0v) is 7.76. The minimum atomic E-state index is -2.44. The molecule has 0 unspecified atom stereocenters. The summed E-state index contributed by atoms with van der Waals surface area (Å²) in [5.41, 5.74) is 1.68. The van der Waals surface area contributed by atoms with E-state index < -0.39 is 6.00 Å². The molecule has 0 N–H and O–H groups in total. The van der Waals surface area contributed by atoms with Crippen molar-refractivity contribution in [2.45, 2.75) is 13.3 Å². The third-order valence-electron chi connectivity index (χ3n) is 0.543. The maximum Gasteiger partial charge on any atom is 0.365 e. The molecule has 8 heavy (non-hydrogen) atoms. The van der Waals surface area contributed by atoms with Crippen LogP contribution in [0.3, 0.4) is 0 Å². The molecule has 0 atom stereocenters. The van der Waals surface area contributed by atoms with E-state index >= 15 is 0 Å². The van der Waals surface area contributed by atoms with Gasteiger partial charge in [0.1, 0.15) is 0 Å². The van der Waals surface area contributed by atoms with Gasteiger partial charge in [-0.15, -0.1) is 33.2 Å². The minimum absolute atomic E-state index is 0.931. The van der Waals surface area contributed by atoms with Crippen molar-refractivity contribution in [1.29, 1.82) is 0 Å². The molecular formula is C4H7Cl3Si. The molecule has 0 aromatic heterocycles. The largest absolute Gasteiger partial charge is 0.365 e. The number of rotatable bonds is 2. The van der Waals surface area contributed by atoms with E-state index in [4.69, 9.17) is 33.2 Å². The average molecular weight is 190 g/mol. The number of halogens is 3. The van der Waals surface area contributed by atoms with Gasteiger partial charge in [0, 0.05) is 0 Å². The van der Waals surface area contributed by atoms with Crippen molar-refractivity contribution >= 4 is 39.2 Å². The van der Waals surface area contributed by atoms with E-state index in [9.17, 15) is 0 Å². The fourth-order valence-corrected chi connectivity index (χ4v) is 1.56. The molecule has 0 heterocycles. The lowest BCUT2D eigenvalue weighted by atomic mass is 10.5. The fraction of sp³-hybridized carbons (Fsp3) is 0.500. The Morgan fingerprint density at radius 3 is 2.00 bits per heavy atom. The first-order chi connectivity index (χ1) is 3.56. The summed E-state index contributed by atoms with van der Waals surface area (Å²) in [5.74, 6) is 0. The van der Waals surface area contributed by atoms with E-state index in [1.165, 1.54) is 0 Å². The maximum atomic E-state index is 5.49. The van der Waals surface area contributed by atoms with Crippen LogP contribution in [-0.2, 0) is 0 Å². The quantitative estimate of drug-likeness (QED) is 0.462.